The highest BCUT2D eigenvalue weighted by Crippen LogP contribution is 2.17. The first kappa shape index (κ1) is 20.7. The summed E-state index contributed by atoms with van der Waals surface area (Å²) in [5.41, 5.74) is 6.40. The van der Waals surface area contributed by atoms with E-state index in [-0.39, 0.29) is 30.0 Å². The van der Waals surface area contributed by atoms with E-state index in [0.717, 1.165) is 12.8 Å². The fourth-order valence-corrected chi connectivity index (χ4v) is 2.42. The summed E-state index contributed by atoms with van der Waals surface area (Å²) in [6.45, 7) is 4.37. The second-order valence-corrected chi connectivity index (χ2v) is 5.66. The molecule has 0 aliphatic heterocycles. The molecule has 1 aromatic carbocycles. The maximum atomic E-state index is 12.5. The van der Waals surface area contributed by atoms with Gasteiger partial charge >= 0.3 is 0 Å². The predicted molar refractivity (Wildman–Crippen MR) is 100 cm³/mol. The van der Waals surface area contributed by atoms with Gasteiger partial charge < -0.3 is 20.8 Å². The topological polar surface area (TPSA) is 97.4 Å². The van der Waals surface area contributed by atoms with E-state index in [0.29, 0.717) is 17.8 Å². The maximum Gasteiger partial charge on any atom is 0.291 e. The van der Waals surface area contributed by atoms with Crippen LogP contribution < -0.4 is 16.4 Å². The summed E-state index contributed by atoms with van der Waals surface area (Å²) in [5.74, 6) is -0.363. The van der Waals surface area contributed by atoms with E-state index in [1.807, 2.05) is 13.8 Å². The van der Waals surface area contributed by atoms with Gasteiger partial charge in [0.25, 0.3) is 11.8 Å². The van der Waals surface area contributed by atoms with E-state index < -0.39 is 5.54 Å². The Hall–Kier alpha value is -2.31. The molecule has 0 aliphatic rings. The van der Waals surface area contributed by atoms with Crippen molar-refractivity contribution in [3.8, 4) is 0 Å². The molecule has 1 aromatic heterocycles. The minimum Gasteiger partial charge on any atom is -0.459 e. The number of benzene rings is 1. The zero-order valence-corrected chi connectivity index (χ0v) is 15.2. The number of nitrogens with two attached hydrogens (primary N) is 1. The van der Waals surface area contributed by atoms with Crippen molar-refractivity contribution >= 4 is 29.9 Å². The van der Waals surface area contributed by atoms with Crippen molar-refractivity contribution in [2.75, 3.05) is 11.9 Å². The number of amides is 2. The lowest BCUT2D eigenvalue weighted by Crippen LogP contribution is -2.52. The third kappa shape index (κ3) is 5.08. The predicted octanol–water partition coefficient (Wildman–Crippen LogP) is 3.20. The number of hydrogen-bond acceptors (Lipinski definition) is 4. The lowest BCUT2D eigenvalue weighted by molar-refractivity contribution is 0.0894. The Morgan fingerprint density at radius 2 is 1.84 bits per heavy atom. The zero-order chi connectivity index (χ0) is 17.6. The van der Waals surface area contributed by atoms with Crippen LogP contribution in [0.3, 0.4) is 0 Å². The summed E-state index contributed by atoms with van der Waals surface area (Å²) in [6, 6.07) is 9.97. The van der Waals surface area contributed by atoms with Gasteiger partial charge in [-0.2, -0.15) is 0 Å². The summed E-state index contributed by atoms with van der Waals surface area (Å²) in [5, 5.41) is 5.72. The molecule has 6 nitrogen and oxygen atoms in total. The molecule has 0 saturated carbocycles. The Morgan fingerprint density at radius 1 is 1.12 bits per heavy atom. The Labute approximate surface area is 153 Å². The van der Waals surface area contributed by atoms with Gasteiger partial charge in [-0.3, -0.25) is 9.59 Å². The fraction of sp³-hybridized carbons (Fsp3) is 0.333. The zero-order valence-electron chi connectivity index (χ0n) is 14.4. The Morgan fingerprint density at radius 3 is 2.40 bits per heavy atom. The number of rotatable bonds is 7. The summed E-state index contributed by atoms with van der Waals surface area (Å²) in [4.78, 5) is 24.5. The standard InChI is InChI=1S/C18H23N3O3.ClH/c1-3-18(4-2,12-19)21-16(22)13-7-5-8-14(11-13)20-17(23)15-9-6-10-24-15;/h5-11H,3-4,12,19H2,1-2H3,(H,20,23)(H,21,22);1H. The van der Waals surface area contributed by atoms with Gasteiger partial charge in [0.15, 0.2) is 5.76 Å². The minimum atomic E-state index is -0.412. The summed E-state index contributed by atoms with van der Waals surface area (Å²) >= 11 is 0. The molecule has 2 aromatic rings. The van der Waals surface area contributed by atoms with E-state index in [1.54, 1.807) is 36.4 Å². The van der Waals surface area contributed by atoms with Crippen LogP contribution in [0.4, 0.5) is 5.69 Å². The quantitative estimate of drug-likeness (QED) is 0.701. The number of furan rings is 1. The molecule has 0 fully saturated rings. The van der Waals surface area contributed by atoms with Crippen LogP contribution >= 0.6 is 12.4 Å². The van der Waals surface area contributed by atoms with Crippen LogP contribution in [0.1, 0.15) is 47.6 Å². The van der Waals surface area contributed by atoms with Crippen molar-refractivity contribution in [2.45, 2.75) is 32.2 Å². The van der Waals surface area contributed by atoms with Gasteiger partial charge in [-0.25, -0.2) is 0 Å². The van der Waals surface area contributed by atoms with Crippen LogP contribution in [-0.2, 0) is 0 Å². The van der Waals surface area contributed by atoms with E-state index in [9.17, 15) is 9.59 Å². The minimum absolute atomic E-state index is 0. The molecule has 0 spiro atoms. The van der Waals surface area contributed by atoms with Crippen LogP contribution in [0.2, 0.25) is 0 Å². The van der Waals surface area contributed by atoms with Crippen molar-refractivity contribution < 1.29 is 14.0 Å². The second-order valence-electron chi connectivity index (χ2n) is 5.66. The normalized spacial score (nSPS) is 10.7. The van der Waals surface area contributed by atoms with E-state index in [1.165, 1.54) is 6.26 Å². The van der Waals surface area contributed by atoms with Crippen molar-refractivity contribution in [1.29, 1.82) is 0 Å². The van der Waals surface area contributed by atoms with Gasteiger partial charge in [-0.15, -0.1) is 12.4 Å². The number of carbonyl (C=O) groups excluding carboxylic acids is 2. The van der Waals surface area contributed by atoms with E-state index in [2.05, 4.69) is 10.6 Å². The van der Waals surface area contributed by atoms with Gasteiger partial charge in [0.1, 0.15) is 0 Å². The van der Waals surface area contributed by atoms with Crippen LogP contribution in [0.25, 0.3) is 0 Å². The highest BCUT2D eigenvalue weighted by molar-refractivity contribution is 6.03. The van der Waals surface area contributed by atoms with Crippen molar-refractivity contribution in [3.05, 3.63) is 54.0 Å². The summed E-state index contributed by atoms with van der Waals surface area (Å²) in [6.07, 6.45) is 2.93. The fourth-order valence-electron chi connectivity index (χ4n) is 2.42. The Bertz CT molecular complexity index is 689. The average Bonchev–Trinajstić information content (AvgIpc) is 3.15. The number of halogens is 1. The first-order valence-electron chi connectivity index (χ1n) is 8.01. The molecule has 136 valence electrons. The van der Waals surface area contributed by atoms with Gasteiger partial charge in [0.2, 0.25) is 0 Å². The third-order valence-electron chi connectivity index (χ3n) is 4.25. The molecule has 0 radical (unpaired) electrons. The van der Waals surface area contributed by atoms with Crippen molar-refractivity contribution in [3.63, 3.8) is 0 Å². The van der Waals surface area contributed by atoms with E-state index in [4.69, 9.17) is 10.2 Å². The largest absolute Gasteiger partial charge is 0.459 e. The molecule has 1 heterocycles. The average molecular weight is 366 g/mol. The van der Waals surface area contributed by atoms with Gasteiger partial charge in [-0.1, -0.05) is 19.9 Å². The van der Waals surface area contributed by atoms with Gasteiger partial charge in [-0.05, 0) is 43.2 Å². The van der Waals surface area contributed by atoms with Crippen molar-refractivity contribution in [1.82, 2.24) is 5.32 Å². The maximum absolute atomic E-state index is 12.5. The SMILES string of the molecule is CCC(CC)(CN)NC(=O)c1cccc(NC(=O)c2ccco2)c1.Cl. The number of hydrogen-bond donors (Lipinski definition) is 3. The Balaban J connectivity index is 0.00000312. The molecular weight excluding hydrogens is 342 g/mol. The lowest BCUT2D eigenvalue weighted by atomic mass is 9.92. The smallest absolute Gasteiger partial charge is 0.291 e. The van der Waals surface area contributed by atoms with Crippen LogP contribution in [0.5, 0.6) is 0 Å². The van der Waals surface area contributed by atoms with Crippen LogP contribution in [-0.4, -0.2) is 23.9 Å². The first-order valence-corrected chi connectivity index (χ1v) is 8.01. The molecule has 0 unspecified atom stereocenters. The molecule has 0 atom stereocenters. The van der Waals surface area contributed by atoms with Gasteiger partial charge in [0.05, 0.1) is 11.8 Å². The second kappa shape index (κ2) is 9.25. The summed E-state index contributed by atoms with van der Waals surface area (Å²) < 4.78 is 5.05. The number of carbonyl (C=O) groups is 2. The first-order chi connectivity index (χ1) is 11.5. The number of nitrogens with one attached hydrogen (secondary N) is 2. The molecular formula is C18H24ClN3O3. The molecule has 4 N–H and O–H groups in total. The molecule has 2 amide bonds. The highest BCUT2D eigenvalue weighted by Gasteiger charge is 2.26. The molecule has 25 heavy (non-hydrogen) atoms. The summed E-state index contributed by atoms with van der Waals surface area (Å²) in [7, 11) is 0. The molecule has 0 bridgehead atoms. The Kier molecular flexibility index (Phi) is 7.67. The molecule has 0 saturated heterocycles. The lowest BCUT2D eigenvalue weighted by Gasteiger charge is -2.31. The van der Waals surface area contributed by atoms with Crippen LogP contribution in [0, 0.1) is 0 Å². The van der Waals surface area contributed by atoms with Gasteiger partial charge in [0, 0.05) is 17.8 Å². The van der Waals surface area contributed by atoms with E-state index >= 15 is 0 Å². The number of anilines is 1. The molecule has 0 aliphatic carbocycles. The molecule has 2 rings (SSSR count). The highest BCUT2D eigenvalue weighted by atomic mass is 35.5. The molecule has 7 heteroatoms. The van der Waals surface area contributed by atoms with Crippen LogP contribution in [0.15, 0.2) is 47.1 Å². The van der Waals surface area contributed by atoms with Crippen molar-refractivity contribution in [2.24, 2.45) is 5.73 Å². The monoisotopic (exact) mass is 365 g/mol. The third-order valence-corrected chi connectivity index (χ3v) is 4.25.